The van der Waals surface area contributed by atoms with Crippen molar-refractivity contribution in [3.63, 3.8) is 0 Å². The van der Waals surface area contributed by atoms with Gasteiger partial charge >= 0.3 is 5.97 Å². The number of nitro groups is 1. The van der Waals surface area contributed by atoms with Gasteiger partial charge in [-0.3, -0.25) is 14.9 Å². The summed E-state index contributed by atoms with van der Waals surface area (Å²) in [6, 6.07) is 7.39. The van der Waals surface area contributed by atoms with Gasteiger partial charge in [-0.05, 0) is 53.2 Å². The number of nitrogens with one attached hydrogen (secondary N) is 1. The Labute approximate surface area is 161 Å². The van der Waals surface area contributed by atoms with Gasteiger partial charge < -0.3 is 14.8 Å². The Bertz CT molecular complexity index is 890. The molecule has 8 nitrogen and oxygen atoms in total. The van der Waals surface area contributed by atoms with Gasteiger partial charge in [-0.2, -0.15) is 0 Å². The number of halogens is 2. The van der Waals surface area contributed by atoms with Crippen molar-refractivity contribution in [1.82, 2.24) is 0 Å². The molecular weight excluding hydrogens is 427 g/mol. The van der Waals surface area contributed by atoms with E-state index in [0.29, 0.717) is 11.1 Å². The van der Waals surface area contributed by atoms with Crippen LogP contribution in [0.1, 0.15) is 17.3 Å². The average molecular weight is 441 g/mol. The Hall–Kier alpha value is -3.01. The highest BCUT2D eigenvalue weighted by Crippen LogP contribution is 2.29. The van der Waals surface area contributed by atoms with Crippen LogP contribution < -0.4 is 10.1 Å². The van der Waals surface area contributed by atoms with E-state index in [-0.39, 0.29) is 22.7 Å². The van der Waals surface area contributed by atoms with Crippen LogP contribution in [0.3, 0.4) is 0 Å². The lowest BCUT2D eigenvalue weighted by atomic mass is 10.2. The number of amides is 1. The van der Waals surface area contributed by atoms with Crippen molar-refractivity contribution < 1.29 is 28.4 Å². The van der Waals surface area contributed by atoms with Crippen LogP contribution in [-0.4, -0.2) is 30.0 Å². The Kier molecular flexibility index (Phi) is 6.83. The van der Waals surface area contributed by atoms with E-state index >= 15 is 0 Å². The minimum absolute atomic E-state index is 0.0727. The fourth-order valence-electron chi connectivity index (χ4n) is 2.07. The van der Waals surface area contributed by atoms with Gasteiger partial charge in [0.15, 0.2) is 6.61 Å². The number of esters is 1. The van der Waals surface area contributed by atoms with Crippen molar-refractivity contribution in [2.45, 2.75) is 6.92 Å². The zero-order valence-corrected chi connectivity index (χ0v) is 15.6. The van der Waals surface area contributed by atoms with Gasteiger partial charge in [-0.15, -0.1) is 0 Å². The molecule has 0 aliphatic heterocycles. The van der Waals surface area contributed by atoms with Crippen molar-refractivity contribution in [3.8, 4) is 5.75 Å². The predicted molar refractivity (Wildman–Crippen MR) is 97.3 cm³/mol. The first-order chi connectivity index (χ1) is 12.8. The van der Waals surface area contributed by atoms with Crippen LogP contribution in [0, 0.1) is 15.9 Å². The monoisotopic (exact) mass is 440 g/mol. The number of hydrogen-bond acceptors (Lipinski definition) is 6. The third-order valence-electron chi connectivity index (χ3n) is 3.23. The van der Waals surface area contributed by atoms with E-state index < -0.39 is 29.2 Å². The topological polar surface area (TPSA) is 108 Å². The second-order valence-electron chi connectivity index (χ2n) is 5.12. The van der Waals surface area contributed by atoms with Gasteiger partial charge in [0.05, 0.1) is 23.2 Å². The van der Waals surface area contributed by atoms with Crippen LogP contribution in [0.5, 0.6) is 5.75 Å². The molecule has 0 unspecified atom stereocenters. The van der Waals surface area contributed by atoms with Crippen LogP contribution in [-0.2, 0) is 9.53 Å². The SMILES string of the molecule is CCOc1ccc(NC(=O)COC(=O)c2cc(F)ccc2Br)c([N+](=O)[O-])c1. The van der Waals surface area contributed by atoms with Crippen molar-refractivity contribution >= 4 is 39.2 Å². The quantitative estimate of drug-likeness (QED) is 0.399. The molecule has 2 aromatic carbocycles. The molecule has 27 heavy (non-hydrogen) atoms. The fourth-order valence-corrected chi connectivity index (χ4v) is 2.48. The summed E-state index contributed by atoms with van der Waals surface area (Å²) >= 11 is 3.08. The average Bonchev–Trinajstić information content (AvgIpc) is 2.63. The van der Waals surface area contributed by atoms with E-state index in [1.807, 2.05) is 0 Å². The number of carbonyl (C=O) groups is 2. The first kappa shape index (κ1) is 20.3. The van der Waals surface area contributed by atoms with Crippen LogP contribution in [0.25, 0.3) is 0 Å². The first-order valence-corrected chi connectivity index (χ1v) is 8.44. The molecule has 2 rings (SSSR count). The molecular formula is C17H14BrFN2O6. The van der Waals surface area contributed by atoms with E-state index in [0.717, 1.165) is 12.1 Å². The smallest absolute Gasteiger partial charge is 0.339 e. The molecule has 0 fully saturated rings. The van der Waals surface area contributed by atoms with Crippen molar-refractivity contribution in [3.05, 3.63) is 62.4 Å². The lowest BCUT2D eigenvalue weighted by molar-refractivity contribution is -0.384. The Morgan fingerprint density at radius 2 is 2.00 bits per heavy atom. The summed E-state index contributed by atoms with van der Waals surface area (Å²) in [5.74, 6) is -2.06. The summed E-state index contributed by atoms with van der Waals surface area (Å²) in [6.07, 6.45) is 0. The molecule has 0 atom stereocenters. The van der Waals surface area contributed by atoms with E-state index in [9.17, 15) is 24.1 Å². The minimum atomic E-state index is -0.919. The molecule has 0 bridgehead atoms. The minimum Gasteiger partial charge on any atom is -0.494 e. The predicted octanol–water partition coefficient (Wildman–Crippen LogP) is 3.69. The maximum absolute atomic E-state index is 13.2. The highest BCUT2D eigenvalue weighted by molar-refractivity contribution is 9.10. The number of anilines is 1. The summed E-state index contributed by atoms with van der Waals surface area (Å²) in [4.78, 5) is 34.4. The largest absolute Gasteiger partial charge is 0.494 e. The normalized spacial score (nSPS) is 10.2. The highest BCUT2D eigenvalue weighted by atomic mass is 79.9. The maximum Gasteiger partial charge on any atom is 0.339 e. The molecule has 2 aromatic rings. The number of benzene rings is 2. The zero-order chi connectivity index (χ0) is 20.0. The Balaban J connectivity index is 2.04. The van der Waals surface area contributed by atoms with Crippen LogP contribution in [0.15, 0.2) is 40.9 Å². The van der Waals surface area contributed by atoms with E-state index in [4.69, 9.17) is 9.47 Å². The van der Waals surface area contributed by atoms with E-state index in [2.05, 4.69) is 21.2 Å². The Morgan fingerprint density at radius 1 is 1.26 bits per heavy atom. The van der Waals surface area contributed by atoms with Crippen molar-refractivity contribution in [1.29, 1.82) is 0 Å². The maximum atomic E-state index is 13.2. The van der Waals surface area contributed by atoms with Gasteiger partial charge in [0.1, 0.15) is 17.3 Å². The second kappa shape index (κ2) is 9.08. The number of hydrogen-bond donors (Lipinski definition) is 1. The number of nitro benzene ring substituents is 1. The van der Waals surface area contributed by atoms with Gasteiger partial charge in [-0.1, -0.05) is 0 Å². The van der Waals surface area contributed by atoms with Crippen LogP contribution in [0.2, 0.25) is 0 Å². The fraction of sp³-hybridized carbons (Fsp3) is 0.176. The molecule has 0 aliphatic rings. The Morgan fingerprint density at radius 3 is 2.67 bits per heavy atom. The van der Waals surface area contributed by atoms with Gasteiger partial charge in [-0.25, -0.2) is 9.18 Å². The zero-order valence-electron chi connectivity index (χ0n) is 14.0. The second-order valence-corrected chi connectivity index (χ2v) is 5.97. The summed E-state index contributed by atoms with van der Waals surface area (Å²) in [5, 5.41) is 13.4. The third kappa shape index (κ3) is 5.48. The van der Waals surface area contributed by atoms with Gasteiger partial charge in [0, 0.05) is 4.47 Å². The molecule has 1 N–H and O–H groups in total. The number of rotatable bonds is 7. The van der Waals surface area contributed by atoms with Crippen molar-refractivity contribution in [2.24, 2.45) is 0 Å². The summed E-state index contributed by atoms with van der Waals surface area (Å²) in [7, 11) is 0. The summed E-state index contributed by atoms with van der Waals surface area (Å²) in [5.41, 5.74) is -0.528. The number of nitrogens with zero attached hydrogens (tertiary/aromatic N) is 1. The summed E-state index contributed by atoms with van der Waals surface area (Å²) < 4.78 is 23.5. The molecule has 0 saturated carbocycles. The van der Waals surface area contributed by atoms with Crippen LogP contribution >= 0.6 is 15.9 Å². The lowest BCUT2D eigenvalue weighted by Gasteiger charge is -2.09. The molecule has 142 valence electrons. The number of ether oxygens (including phenoxy) is 2. The van der Waals surface area contributed by atoms with Gasteiger partial charge in [0.2, 0.25) is 0 Å². The lowest BCUT2D eigenvalue weighted by Crippen LogP contribution is -2.21. The molecule has 0 saturated heterocycles. The summed E-state index contributed by atoms with van der Waals surface area (Å²) in [6.45, 7) is 1.35. The van der Waals surface area contributed by atoms with E-state index in [1.54, 1.807) is 6.92 Å². The highest BCUT2D eigenvalue weighted by Gasteiger charge is 2.19. The molecule has 1 amide bonds. The van der Waals surface area contributed by atoms with Gasteiger partial charge in [0.25, 0.3) is 11.6 Å². The first-order valence-electron chi connectivity index (χ1n) is 7.65. The van der Waals surface area contributed by atoms with Crippen molar-refractivity contribution in [2.75, 3.05) is 18.5 Å². The number of carbonyl (C=O) groups excluding carboxylic acids is 2. The molecule has 0 heterocycles. The molecule has 10 heteroatoms. The molecule has 0 aromatic heterocycles. The third-order valence-corrected chi connectivity index (χ3v) is 3.93. The molecule has 0 spiro atoms. The molecule has 0 radical (unpaired) electrons. The van der Waals surface area contributed by atoms with Crippen LogP contribution in [0.4, 0.5) is 15.8 Å². The van der Waals surface area contributed by atoms with E-state index in [1.165, 1.54) is 24.3 Å². The standard InChI is InChI=1S/C17H14BrFN2O6/c1-2-26-11-4-6-14(15(8-11)21(24)25)20-16(22)9-27-17(23)12-7-10(19)3-5-13(12)18/h3-8H,2,9H2,1H3,(H,20,22). The molecule has 0 aliphatic carbocycles.